The number of nitrogens with one attached hydrogen (secondary N) is 1. The average Bonchev–Trinajstić information content (AvgIpc) is 2.07. The number of nitrogens with zero attached hydrogens (tertiary/aromatic N) is 2. The number of fused-ring (bicyclic) bond motifs is 1. The van der Waals surface area contributed by atoms with Crippen molar-refractivity contribution in [2.45, 2.75) is 0 Å². The van der Waals surface area contributed by atoms with Crippen LogP contribution >= 0.6 is 0 Å². The van der Waals surface area contributed by atoms with Gasteiger partial charge in [-0.1, -0.05) is 11.3 Å². The molecule has 0 aliphatic rings. The van der Waals surface area contributed by atoms with Gasteiger partial charge in [0.25, 0.3) is 5.56 Å². The van der Waals surface area contributed by atoms with Crippen molar-refractivity contribution >= 4 is 10.9 Å². The molecule has 1 heterocycles. The molecule has 0 unspecified atom stereocenters. The van der Waals surface area contributed by atoms with E-state index in [1.165, 1.54) is 18.2 Å². The van der Waals surface area contributed by atoms with Crippen molar-refractivity contribution in [3.05, 3.63) is 34.4 Å². The van der Waals surface area contributed by atoms with E-state index < -0.39 is 11.4 Å². The Morgan fingerprint density at radius 3 is 3.00 bits per heavy atom. The second-order valence-corrected chi connectivity index (χ2v) is 2.28. The van der Waals surface area contributed by atoms with Crippen molar-refractivity contribution in [2.24, 2.45) is 0 Å². The largest absolute Gasteiger partial charge is 0.275 e. The third-order valence-electron chi connectivity index (χ3n) is 1.53. The highest BCUT2D eigenvalue weighted by atomic mass is 19.1. The Morgan fingerprint density at radius 2 is 2.25 bits per heavy atom. The van der Waals surface area contributed by atoms with E-state index >= 15 is 0 Å². The summed E-state index contributed by atoms with van der Waals surface area (Å²) in [6.07, 6.45) is 0. The molecule has 0 atom stereocenters. The molecule has 12 heavy (non-hydrogen) atoms. The minimum Gasteiger partial charge on any atom is -0.267 e. The van der Waals surface area contributed by atoms with Crippen LogP contribution in [0, 0.1) is 5.82 Å². The van der Waals surface area contributed by atoms with Gasteiger partial charge in [-0.3, -0.25) is 4.79 Å². The van der Waals surface area contributed by atoms with Gasteiger partial charge in [-0.05, 0) is 12.1 Å². The van der Waals surface area contributed by atoms with E-state index in [2.05, 4.69) is 15.4 Å². The Labute approximate surface area is 66.0 Å². The van der Waals surface area contributed by atoms with E-state index in [0.717, 1.165) is 0 Å². The zero-order chi connectivity index (χ0) is 8.55. The van der Waals surface area contributed by atoms with Gasteiger partial charge in [0.1, 0.15) is 5.52 Å². The molecular weight excluding hydrogens is 161 g/mol. The molecule has 60 valence electrons. The van der Waals surface area contributed by atoms with Crippen molar-refractivity contribution in [2.75, 3.05) is 0 Å². The molecule has 0 aliphatic carbocycles. The smallest absolute Gasteiger partial charge is 0.267 e. The van der Waals surface area contributed by atoms with Crippen LogP contribution in [0.4, 0.5) is 4.39 Å². The van der Waals surface area contributed by atoms with Gasteiger partial charge < -0.3 is 0 Å². The second-order valence-electron chi connectivity index (χ2n) is 2.28. The lowest BCUT2D eigenvalue weighted by atomic mass is 10.2. The molecule has 5 heteroatoms. The summed E-state index contributed by atoms with van der Waals surface area (Å²) >= 11 is 0. The minimum atomic E-state index is -0.536. The number of H-pyrrole nitrogens is 1. The summed E-state index contributed by atoms with van der Waals surface area (Å²) in [7, 11) is 0. The summed E-state index contributed by atoms with van der Waals surface area (Å²) < 4.78 is 12.9. The van der Waals surface area contributed by atoms with Crippen LogP contribution in [0.3, 0.4) is 0 Å². The highest BCUT2D eigenvalue weighted by Crippen LogP contribution is 2.08. The highest BCUT2D eigenvalue weighted by molar-refractivity contribution is 5.76. The topological polar surface area (TPSA) is 58.6 Å². The Morgan fingerprint density at radius 1 is 1.42 bits per heavy atom. The first kappa shape index (κ1) is 6.90. The van der Waals surface area contributed by atoms with Crippen molar-refractivity contribution < 1.29 is 4.39 Å². The maximum Gasteiger partial charge on any atom is 0.275 e. The third kappa shape index (κ3) is 0.868. The number of halogens is 1. The fourth-order valence-electron chi connectivity index (χ4n) is 0.981. The Bertz CT molecular complexity index is 479. The zero-order valence-corrected chi connectivity index (χ0v) is 5.91. The fourth-order valence-corrected chi connectivity index (χ4v) is 0.981. The first-order chi connectivity index (χ1) is 5.79. The van der Waals surface area contributed by atoms with Gasteiger partial charge in [-0.25, -0.2) is 9.49 Å². The van der Waals surface area contributed by atoms with E-state index in [0.29, 0.717) is 0 Å². The summed E-state index contributed by atoms with van der Waals surface area (Å²) in [5.74, 6) is -0.536. The van der Waals surface area contributed by atoms with Crippen LogP contribution < -0.4 is 5.56 Å². The van der Waals surface area contributed by atoms with Gasteiger partial charge in [0.2, 0.25) is 0 Å². The molecule has 1 N–H and O–H groups in total. The van der Waals surface area contributed by atoms with E-state index in [4.69, 9.17) is 0 Å². The molecule has 0 saturated heterocycles. The summed E-state index contributed by atoms with van der Waals surface area (Å²) in [5, 5.41) is 9.04. The van der Waals surface area contributed by atoms with Crippen LogP contribution in [-0.4, -0.2) is 15.4 Å². The van der Waals surface area contributed by atoms with E-state index in [-0.39, 0.29) is 10.9 Å². The van der Waals surface area contributed by atoms with Crippen LogP contribution in [-0.2, 0) is 0 Å². The summed E-state index contributed by atoms with van der Waals surface area (Å²) in [6, 6.07) is 4.18. The van der Waals surface area contributed by atoms with Crippen molar-refractivity contribution in [3.8, 4) is 0 Å². The van der Waals surface area contributed by atoms with Crippen LogP contribution in [0.15, 0.2) is 23.0 Å². The van der Waals surface area contributed by atoms with Crippen LogP contribution in [0.25, 0.3) is 10.9 Å². The normalized spacial score (nSPS) is 10.4. The molecular formula is C7H4FN3O. The summed E-state index contributed by atoms with van der Waals surface area (Å²) in [6.45, 7) is 0. The molecule has 4 nitrogen and oxygen atoms in total. The zero-order valence-electron chi connectivity index (χ0n) is 5.91. The molecule has 2 rings (SSSR count). The predicted molar refractivity (Wildman–Crippen MR) is 40.1 cm³/mol. The molecule has 1 aromatic carbocycles. The second kappa shape index (κ2) is 2.37. The maximum absolute atomic E-state index is 12.9. The molecule has 0 bridgehead atoms. The van der Waals surface area contributed by atoms with Gasteiger partial charge in [-0.15, -0.1) is 5.10 Å². The monoisotopic (exact) mass is 165 g/mol. The third-order valence-corrected chi connectivity index (χ3v) is 1.53. The molecule has 1 aromatic heterocycles. The van der Waals surface area contributed by atoms with Gasteiger partial charge in [0.15, 0.2) is 5.82 Å². The fraction of sp³-hybridized carbons (Fsp3) is 0. The lowest BCUT2D eigenvalue weighted by molar-refractivity contribution is 0.632. The molecule has 0 spiro atoms. The van der Waals surface area contributed by atoms with Crippen molar-refractivity contribution in [3.63, 3.8) is 0 Å². The molecule has 2 aromatic rings. The van der Waals surface area contributed by atoms with Gasteiger partial charge in [-0.2, -0.15) is 0 Å². The number of aromatic amines is 1. The quantitative estimate of drug-likeness (QED) is 0.616. The molecule has 0 aliphatic heterocycles. The first-order valence-electron chi connectivity index (χ1n) is 3.28. The van der Waals surface area contributed by atoms with E-state index in [1.807, 2.05) is 0 Å². The number of rotatable bonds is 0. The number of aromatic nitrogens is 3. The summed E-state index contributed by atoms with van der Waals surface area (Å²) in [4.78, 5) is 11.0. The Kier molecular flexibility index (Phi) is 1.36. The average molecular weight is 165 g/mol. The van der Waals surface area contributed by atoms with Crippen molar-refractivity contribution in [1.82, 2.24) is 15.4 Å². The maximum atomic E-state index is 12.9. The SMILES string of the molecule is O=c1[nH]nnc2c(F)cccc12. The molecule has 0 radical (unpaired) electrons. The number of hydrogen-bond acceptors (Lipinski definition) is 3. The molecule has 0 fully saturated rings. The predicted octanol–water partition coefficient (Wildman–Crippen LogP) is 0.457. The van der Waals surface area contributed by atoms with Gasteiger partial charge >= 0.3 is 0 Å². The standard InChI is InChI=1S/C7H4FN3O/c8-5-3-1-2-4-6(5)9-11-10-7(4)12/h1-3H,(H,9,10,12). The Balaban J connectivity index is 3.05. The van der Waals surface area contributed by atoms with Crippen LogP contribution in [0.2, 0.25) is 0 Å². The Hall–Kier alpha value is -1.78. The highest BCUT2D eigenvalue weighted by Gasteiger charge is 2.03. The summed E-state index contributed by atoms with van der Waals surface area (Å²) in [5.41, 5.74) is -0.430. The van der Waals surface area contributed by atoms with Crippen LogP contribution in [0.1, 0.15) is 0 Å². The molecule has 0 amide bonds. The number of hydrogen-bond donors (Lipinski definition) is 1. The first-order valence-corrected chi connectivity index (χ1v) is 3.28. The number of benzene rings is 1. The minimum absolute atomic E-state index is 0.00116. The van der Waals surface area contributed by atoms with Crippen LogP contribution in [0.5, 0.6) is 0 Å². The lowest BCUT2D eigenvalue weighted by Crippen LogP contribution is -2.10. The molecule has 0 saturated carbocycles. The van der Waals surface area contributed by atoms with Gasteiger partial charge in [0, 0.05) is 0 Å². The van der Waals surface area contributed by atoms with Crippen molar-refractivity contribution in [1.29, 1.82) is 0 Å². The lowest BCUT2D eigenvalue weighted by Gasteiger charge is -1.93. The van der Waals surface area contributed by atoms with E-state index in [9.17, 15) is 9.18 Å². The van der Waals surface area contributed by atoms with E-state index in [1.54, 1.807) is 0 Å². The van der Waals surface area contributed by atoms with Gasteiger partial charge in [0.05, 0.1) is 5.39 Å².